The number of Topliss-reactive ketones (excluding diaryl/α,β-unsaturated/α-hetero) is 1. The quantitative estimate of drug-likeness (QED) is 0.615. The number of carbonyl (C=O) groups excluding carboxylic acids is 3. The highest BCUT2D eigenvalue weighted by Gasteiger charge is 2.66. The molecule has 2 heterocycles. The SMILES string of the molecule is CCCC(=O)OC1(C)CCC(=O)C(C)CC2OC1C1C(C(C)C)C(O)CC(C)(OC(C)=O)C21. The molecule has 2 bridgehead atoms. The lowest BCUT2D eigenvalue weighted by Crippen LogP contribution is -2.60. The Morgan fingerprint density at radius 1 is 1.21 bits per heavy atom. The van der Waals surface area contributed by atoms with Gasteiger partial charge in [0.1, 0.15) is 23.1 Å². The fourth-order valence-electron chi connectivity index (χ4n) is 6.93. The smallest absolute Gasteiger partial charge is 0.306 e. The van der Waals surface area contributed by atoms with Crippen molar-refractivity contribution in [1.82, 2.24) is 0 Å². The number of fused-ring (bicyclic) bond motifs is 5. The van der Waals surface area contributed by atoms with E-state index < -0.39 is 29.4 Å². The highest BCUT2D eigenvalue weighted by molar-refractivity contribution is 5.81. The number of rotatable bonds is 5. The van der Waals surface area contributed by atoms with E-state index in [4.69, 9.17) is 14.2 Å². The molecule has 3 rings (SSSR count). The summed E-state index contributed by atoms with van der Waals surface area (Å²) >= 11 is 0. The molecule has 1 N–H and O–H groups in total. The average Bonchev–Trinajstić information content (AvgIpc) is 3.06. The van der Waals surface area contributed by atoms with Gasteiger partial charge in [-0.25, -0.2) is 0 Å². The molecule has 1 aliphatic carbocycles. The van der Waals surface area contributed by atoms with E-state index in [9.17, 15) is 19.5 Å². The third-order valence-corrected chi connectivity index (χ3v) is 8.25. The molecule has 0 amide bonds. The van der Waals surface area contributed by atoms with Gasteiger partial charge in [-0.1, -0.05) is 27.7 Å². The van der Waals surface area contributed by atoms with Gasteiger partial charge in [-0.3, -0.25) is 14.4 Å². The van der Waals surface area contributed by atoms with Gasteiger partial charge in [0.25, 0.3) is 0 Å². The lowest BCUT2D eigenvalue weighted by Gasteiger charge is -2.52. The lowest BCUT2D eigenvalue weighted by molar-refractivity contribution is -0.194. The summed E-state index contributed by atoms with van der Waals surface area (Å²) in [6, 6.07) is 0. The van der Waals surface area contributed by atoms with Gasteiger partial charge >= 0.3 is 11.9 Å². The first-order valence-electron chi connectivity index (χ1n) is 12.6. The van der Waals surface area contributed by atoms with E-state index in [1.165, 1.54) is 6.92 Å². The van der Waals surface area contributed by atoms with Gasteiger partial charge in [-0.15, -0.1) is 0 Å². The predicted octanol–water partition coefficient (Wildman–Crippen LogP) is 3.84. The molecule has 7 heteroatoms. The van der Waals surface area contributed by atoms with E-state index in [0.717, 1.165) is 0 Å². The highest BCUT2D eigenvalue weighted by atomic mass is 16.6. The van der Waals surface area contributed by atoms with Crippen LogP contribution in [0, 0.1) is 29.6 Å². The van der Waals surface area contributed by atoms with Crippen molar-refractivity contribution < 1.29 is 33.7 Å². The van der Waals surface area contributed by atoms with Crippen LogP contribution in [0.1, 0.15) is 87.0 Å². The van der Waals surface area contributed by atoms with Gasteiger partial charge in [-0.2, -0.15) is 0 Å². The molecular weight excluding hydrogens is 424 g/mol. The highest BCUT2D eigenvalue weighted by Crippen LogP contribution is 2.58. The van der Waals surface area contributed by atoms with Gasteiger partial charge in [0.2, 0.25) is 0 Å². The second kappa shape index (κ2) is 9.65. The summed E-state index contributed by atoms with van der Waals surface area (Å²) in [5.74, 6) is -1.13. The maximum Gasteiger partial charge on any atom is 0.306 e. The summed E-state index contributed by atoms with van der Waals surface area (Å²) in [6.07, 6.45) is 0.981. The van der Waals surface area contributed by atoms with Crippen LogP contribution in [0.5, 0.6) is 0 Å². The Morgan fingerprint density at radius 3 is 2.45 bits per heavy atom. The van der Waals surface area contributed by atoms with E-state index >= 15 is 0 Å². The summed E-state index contributed by atoms with van der Waals surface area (Å²) in [6.45, 7) is 13.1. The minimum absolute atomic E-state index is 0.108. The molecule has 2 aliphatic heterocycles. The standard InChI is InChI=1S/C26H42O7/c1-8-9-20(30)33-25(6)11-10-17(28)15(4)12-19-23-22(24(25)31-19)21(14(2)3)18(29)13-26(23,7)32-16(5)27/h14-15,18-19,21-24,29H,8-13H2,1-7H3. The lowest BCUT2D eigenvalue weighted by atomic mass is 9.56. The van der Waals surface area contributed by atoms with E-state index in [-0.39, 0.29) is 47.4 Å². The molecule has 1 saturated carbocycles. The predicted molar refractivity (Wildman–Crippen MR) is 122 cm³/mol. The summed E-state index contributed by atoms with van der Waals surface area (Å²) in [4.78, 5) is 37.7. The van der Waals surface area contributed by atoms with Gasteiger partial charge in [0.05, 0.1) is 12.2 Å². The third-order valence-electron chi connectivity index (χ3n) is 8.25. The maximum absolute atomic E-state index is 12.9. The number of aliphatic hydroxyl groups is 1. The molecular formula is C26H42O7. The molecule has 0 aromatic rings. The molecule has 7 nitrogen and oxygen atoms in total. The minimum atomic E-state index is -1.01. The molecule has 3 aliphatic rings. The van der Waals surface area contributed by atoms with E-state index in [1.807, 2.05) is 27.7 Å². The van der Waals surface area contributed by atoms with Crippen molar-refractivity contribution in [2.45, 2.75) is 117 Å². The van der Waals surface area contributed by atoms with Crippen LogP contribution in [0.4, 0.5) is 0 Å². The third kappa shape index (κ3) is 5.00. The molecule has 0 spiro atoms. The Balaban J connectivity index is 2.14. The first kappa shape index (κ1) is 26.1. The van der Waals surface area contributed by atoms with Crippen molar-refractivity contribution >= 4 is 17.7 Å². The molecule has 0 aromatic carbocycles. The molecule has 9 atom stereocenters. The Labute approximate surface area is 197 Å². The Kier molecular flexibility index (Phi) is 7.64. The first-order valence-corrected chi connectivity index (χ1v) is 12.6. The zero-order valence-corrected chi connectivity index (χ0v) is 21.3. The minimum Gasteiger partial charge on any atom is -0.459 e. The van der Waals surface area contributed by atoms with Gasteiger partial charge in [0, 0.05) is 43.9 Å². The molecule has 2 saturated heterocycles. The maximum atomic E-state index is 12.9. The summed E-state index contributed by atoms with van der Waals surface area (Å²) < 4.78 is 18.7. The van der Waals surface area contributed by atoms with Crippen LogP contribution >= 0.6 is 0 Å². The number of hydrogen-bond acceptors (Lipinski definition) is 7. The number of esters is 2. The van der Waals surface area contributed by atoms with Crippen LogP contribution in [0.2, 0.25) is 0 Å². The van der Waals surface area contributed by atoms with E-state index in [2.05, 4.69) is 13.8 Å². The fourth-order valence-corrected chi connectivity index (χ4v) is 6.93. The van der Waals surface area contributed by atoms with Crippen LogP contribution in [0.3, 0.4) is 0 Å². The Hall–Kier alpha value is -1.47. The van der Waals surface area contributed by atoms with E-state index in [1.54, 1.807) is 0 Å². The summed E-state index contributed by atoms with van der Waals surface area (Å²) in [5.41, 5.74) is -1.94. The summed E-state index contributed by atoms with van der Waals surface area (Å²) in [5, 5.41) is 11.3. The van der Waals surface area contributed by atoms with Crippen molar-refractivity contribution in [3.63, 3.8) is 0 Å². The molecule has 0 radical (unpaired) electrons. The summed E-state index contributed by atoms with van der Waals surface area (Å²) in [7, 11) is 0. The normalized spacial score (nSPS) is 43.3. The van der Waals surface area contributed by atoms with Crippen molar-refractivity contribution in [1.29, 1.82) is 0 Å². The fraction of sp³-hybridized carbons (Fsp3) is 0.885. The van der Waals surface area contributed by atoms with Gasteiger partial charge < -0.3 is 19.3 Å². The number of ether oxygens (including phenoxy) is 3. The van der Waals surface area contributed by atoms with Crippen molar-refractivity contribution in [2.24, 2.45) is 29.6 Å². The van der Waals surface area contributed by atoms with Crippen LogP contribution in [-0.2, 0) is 28.6 Å². The number of ketones is 1. The molecule has 3 fully saturated rings. The number of carbonyl (C=O) groups is 3. The molecule has 33 heavy (non-hydrogen) atoms. The average molecular weight is 467 g/mol. The molecule has 9 unspecified atom stereocenters. The first-order chi connectivity index (χ1) is 15.3. The van der Waals surface area contributed by atoms with Crippen molar-refractivity contribution in [2.75, 3.05) is 0 Å². The van der Waals surface area contributed by atoms with Crippen molar-refractivity contribution in [3.05, 3.63) is 0 Å². The topological polar surface area (TPSA) is 99.1 Å². The molecule has 188 valence electrons. The van der Waals surface area contributed by atoms with Gasteiger partial charge in [0.15, 0.2) is 0 Å². The number of aliphatic hydroxyl groups excluding tert-OH is 1. The number of hydrogen-bond donors (Lipinski definition) is 1. The monoisotopic (exact) mass is 466 g/mol. The van der Waals surface area contributed by atoms with Crippen LogP contribution in [0.25, 0.3) is 0 Å². The van der Waals surface area contributed by atoms with E-state index in [0.29, 0.717) is 38.5 Å². The zero-order valence-electron chi connectivity index (χ0n) is 21.3. The Bertz CT molecular complexity index is 764. The Morgan fingerprint density at radius 2 is 1.88 bits per heavy atom. The van der Waals surface area contributed by atoms with Gasteiger partial charge in [-0.05, 0) is 44.9 Å². The van der Waals surface area contributed by atoms with Crippen LogP contribution in [0.15, 0.2) is 0 Å². The largest absolute Gasteiger partial charge is 0.459 e. The molecule has 0 aromatic heterocycles. The van der Waals surface area contributed by atoms with Crippen LogP contribution < -0.4 is 0 Å². The van der Waals surface area contributed by atoms with Crippen LogP contribution in [-0.4, -0.2) is 52.3 Å². The second-order valence-corrected chi connectivity index (χ2v) is 11.3. The zero-order chi connectivity index (χ0) is 24.7. The van der Waals surface area contributed by atoms with Crippen molar-refractivity contribution in [3.8, 4) is 0 Å². The second-order valence-electron chi connectivity index (χ2n) is 11.3.